The van der Waals surface area contributed by atoms with E-state index in [1.807, 2.05) is 30.3 Å². The number of nitrogens with two attached hydrogens (primary N) is 1. The summed E-state index contributed by atoms with van der Waals surface area (Å²) in [6.45, 7) is 0. The van der Waals surface area contributed by atoms with Crippen LogP contribution in [0.4, 0.5) is 4.39 Å². The second-order valence-electron chi connectivity index (χ2n) is 3.77. The van der Waals surface area contributed by atoms with Crippen LogP contribution in [0.2, 0.25) is 0 Å². The Morgan fingerprint density at radius 1 is 0.933 bits per heavy atom. The molecule has 0 amide bonds. The van der Waals surface area contributed by atoms with Gasteiger partial charge in [0.15, 0.2) is 0 Å². The molecule has 0 aromatic heterocycles. The van der Waals surface area contributed by atoms with Crippen LogP contribution in [0, 0.1) is 5.82 Å². The monoisotopic (exact) mass is 199 g/mol. The highest BCUT2D eigenvalue weighted by Crippen LogP contribution is 2.42. The summed E-state index contributed by atoms with van der Waals surface area (Å²) in [7, 11) is 0. The first-order valence-corrected chi connectivity index (χ1v) is 4.92. The van der Waals surface area contributed by atoms with Gasteiger partial charge in [-0.05, 0) is 22.8 Å². The molecule has 1 unspecified atom stereocenters. The van der Waals surface area contributed by atoms with Crippen molar-refractivity contribution < 1.29 is 4.39 Å². The lowest BCUT2D eigenvalue weighted by molar-refractivity contribution is 0.630. The quantitative estimate of drug-likeness (QED) is 0.693. The highest BCUT2D eigenvalue weighted by Gasteiger charge is 2.27. The van der Waals surface area contributed by atoms with E-state index < -0.39 is 0 Å². The van der Waals surface area contributed by atoms with Crippen LogP contribution in [0.3, 0.4) is 0 Å². The molecular weight excluding hydrogens is 189 g/mol. The lowest BCUT2D eigenvalue weighted by Crippen LogP contribution is -2.07. The third kappa shape index (κ3) is 1.05. The zero-order chi connectivity index (χ0) is 10.4. The molecule has 2 aromatic carbocycles. The minimum Gasteiger partial charge on any atom is -0.320 e. The lowest BCUT2D eigenvalue weighted by Gasteiger charge is -2.05. The Hall–Kier alpha value is -1.67. The topological polar surface area (TPSA) is 26.0 Å². The van der Waals surface area contributed by atoms with Crippen LogP contribution >= 0.6 is 0 Å². The van der Waals surface area contributed by atoms with Crippen LogP contribution in [0.25, 0.3) is 11.1 Å². The van der Waals surface area contributed by atoms with Gasteiger partial charge in [-0.15, -0.1) is 0 Å². The highest BCUT2D eigenvalue weighted by atomic mass is 19.1. The van der Waals surface area contributed by atoms with Gasteiger partial charge < -0.3 is 5.73 Å². The molecule has 74 valence electrons. The maximum absolute atomic E-state index is 13.7. The average molecular weight is 199 g/mol. The van der Waals surface area contributed by atoms with E-state index in [2.05, 4.69) is 0 Å². The molecule has 0 fully saturated rings. The van der Waals surface area contributed by atoms with E-state index in [9.17, 15) is 4.39 Å². The molecule has 0 radical (unpaired) electrons. The number of hydrogen-bond acceptors (Lipinski definition) is 1. The molecular formula is C13H10FN. The summed E-state index contributed by atoms with van der Waals surface area (Å²) in [5, 5.41) is 0. The predicted octanol–water partition coefficient (Wildman–Crippen LogP) is 2.85. The van der Waals surface area contributed by atoms with E-state index in [0.717, 1.165) is 16.7 Å². The van der Waals surface area contributed by atoms with Gasteiger partial charge in [0.25, 0.3) is 0 Å². The van der Waals surface area contributed by atoms with E-state index >= 15 is 0 Å². The van der Waals surface area contributed by atoms with Gasteiger partial charge >= 0.3 is 0 Å². The van der Waals surface area contributed by atoms with Gasteiger partial charge in [0.1, 0.15) is 5.82 Å². The van der Waals surface area contributed by atoms with Crippen LogP contribution in [-0.2, 0) is 0 Å². The largest absolute Gasteiger partial charge is 0.320 e. The molecule has 15 heavy (non-hydrogen) atoms. The number of benzene rings is 2. The lowest BCUT2D eigenvalue weighted by atomic mass is 10.1. The third-order valence-corrected chi connectivity index (χ3v) is 2.95. The van der Waals surface area contributed by atoms with Crippen LogP contribution < -0.4 is 5.73 Å². The van der Waals surface area contributed by atoms with Gasteiger partial charge in [-0.25, -0.2) is 4.39 Å². The number of halogens is 1. The van der Waals surface area contributed by atoms with E-state index in [1.54, 1.807) is 6.07 Å². The zero-order valence-electron chi connectivity index (χ0n) is 8.07. The Morgan fingerprint density at radius 3 is 2.53 bits per heavy atom. The van der Waals surface area contributed by atoms with Gasteiger partial charge in [-0.3, -0.25) is 0 Å². The molecule has 0 heterocycles. The molecule has 0 aliphatic heterocycles. The summed E-state index contributed by atoms with van der Waals surface area (Å²) in [5.74, 6) is -0.187. The van der Waals surface area contributed by atoms with Crippen molar-refractivity contribution in [2.75, 3.05) is 0 Å². The second-order valence-corrected chi connectivity index (χ2v) is 3.77. The standard InChI is InChI=1S/C13H10FN/c14-11-7-3-6-10-12(11)8-4-1-2-5-9(8)13(10)15/h1-7,13H,15H2. The van der Waals surface area contributed by atoms with Crippen molar-refractivity contribution in [3.8, 4) is 11.1 Å². The number of fused-ring (bicyclic) bond motifs is 3. The van der Waals surface area contributed by atoms with Gasteiger partial charge in [0, 0.05) is 5.56 Å². The minimum atomic E-state index is -0.188. The van der Waals surface area contributed by atoms with E-state index in [0.29, 0.717) is 5.56 Å². The Labute approximate surface area is 87.4 Å². The Kier molecular flexibility index (Phi) is 1.67. The van der Waals surface area contributed by atoms with Crippen molar-refractivity contribution >= 4 is 0 Å². The maximum atomic E-state index is 13.7. The van der Waals surface area contributed by atoms with Crippen LogP contribution in [0.15, 0.2) is 42.5 Å². The number of hydrogen-bond donors (Lipinski definition) is 1. The predicted molar refractivity (Wildman–Crippen MR) is 57.9 cm³/mol. The Bertz CT molecular complexity index is 534. The first-order chi connectivity index (χ1) is 7.29. The van der Waals surface area contributed by atoms with Gasteiger partial charge in [-0.2, -0.15) is 0 Å². The smallest absolute Gasteiger partial charge is 0.131 e. The Balaban J connectivity index is 2.39. The Morgan fingerprint density at radius 2 is 1.67 bits per heavy atom. The van der Waals surface area contributed by atoms with Crippen LogP contribution in [-0.4, -0.2) is 0 Å². The molecule has 1 aliphatic rings. The SMILES string of the molecule is NC1c2ccccc2-c2c(F)cccc21. The molecule has 2 N–H and O–H groups in total. The fourth-order valence-corrected chi connectivity index (χ4v) is 2.25. The molecule has 0 bridgehead atoms. The summed E-state index contributed by atoms with van der Waals surface area (Å²) < 4.78 is 13.7. The summed E-state index contributed by atoms with van der Waals surface area (Å²) in [5.41, 5.74) is 9.55. The summed E-state index contributed by atoms with van der Waals surface area (Å²) in [4.78, 5) is 0. The minimum absolute atomic E-state index is 0.187. The fraction of sp³-hybridized carbons (Fsp3) is 0.0769. The van der Waals surface area contributed by atoms with E-state index in [-0.39, 0.29) is 11.9 Å². The normalized spacial score (nSPS) is 17.3. The molecule has 1 nitrogen and oxygen atoms in total. The molecule has 0 saturated heterocycles. The first kappa shape index (κ1) is 8.62. The highest BCUT2D eigenvalue weighted by molar-refractivity contribution is 5.78. The van der Waals surface area contributed by atoms with Crippen molar-refractivity contribution in [1.82, 2.24) is 0 Å². The van der Waals surface area contributed by atoms with Gasteiger partial charge in [0.05, 0.1) is 6.04 Å². The molecule has 3 rings (SSSR count). The second kappa shape index (κ2) is 2.91. The number of rotatable bonds is 0. The van der Waals surface area contributed by atoms with E-state index in [1.165, 1.54) is 6.07 Å². The van der Waals surface area contributed by atoms with Crippen molar-refractivity contribution in [3.63, 3.8) is 0 Å². The maximum Gasteiger partial charge on any atom is 0.131 e. The molecule has 0 spiro atoms. The summed E-state index contributed by atoms with van der Waals surface area (Å²) >= 11 is 0. The zero-order valence-corrected chi connectivity index (χ0v) is 8.07. The van der Waals surface area contributed by atoms with Crippen molar-refractivity contribution in [2.45, 2.75) is 6.04 Å². The first-order valence-electron chi connectivity index (χ1n) is 4.92. The van der Waals surface area contributed by atoms with Crippen molar-refractivity contribution in [1.29, 1.82) is 0 Å². The van der Waals surface area contributed by atoms with Crippen LogP contribution in [0.1, 0.15) is 17.2 Å². The third-order valence-electron chi connectivity index (χ3n) is 2.95. The summed E-state index contributed by atoms with van der Waals surface area (Å²) in [6.07, 6.45) is 0. The van der Waals surface area contributed by atoms with Gasteiger partial charge in [-0.1, -0.05) is 36.4 Å². The average Bonchev–Trinajstić information content (AvgIpc) is 2.55. The molecule has 0 saturated carbocycles. The van der Waals surface area contributed by atoms with Crippen molar-refractivity contribution in [2.24, 2.45) is 5.73 Å². The van der Waals surface area contributed by atoms with Gasteiger partial charge in [0.2, 0.25) is 0 Å². The van der Waals surface area contributed by atoms with Crippen molar-refractivity contribution in [3.05, 3.63) is 59.4 Å². The van der Waals surface area contributed by atoms with E-state index in [4.69, 9.17) is 5.73 Å². The molecule has 1 atom stereocenters. The van der Waals surface area contributed by atoms with Crippen LogP contribution in [0.5, 0.6) is 0 Å². The fourth-order valence-electron chi connectivity index (χ4n) is 2.25. The molecule has 2 heteroatoms. The summed E-state index contributed by atoms with van der Waals surface area (Å²) in [6, 6.07) is 12.6. The molecule has 1 aliphatic carbocycles. The molecule has 2 aromatic rings.